The molecule has 0 unspecified atom stereocenters. The highest BCUT2D eigenvalue weighted by Gasteiger charge is 2.23. The van der Waals surface area contributed by atoms with Gasteiger partial charge >= 0.3 is 5.97 Å². The molecule has 1 aliphatic heterocycles. The van der Waals surface area contributed by atoms with Crippen molar-refractivity contribution in [3.8, 4) is 0 Å². The number of hydrogen-bond acceptors (Lipinski definition) is 3. The van der Waals surface area contributed by atoms with E-state index in [9.17, 15) is 9.59 Å². The first-order valence-electron chi connectivity index (χ1n) is 6.89. The first-order chi connectivity index (χ1) is 9.52. The van der Waals surface area contributed by atoms with Gasteiger partial charge in [-0.3, -0.25) is 9.59 Å². The second kappa shape index (κ2) is 5.94. The van der Waals surface area contributed by atoms with E-state index in [1.165, 1.54) is 5.56 Å². The number of fused-ring (bicyclic) bond motifs is 1. The monoisotopic (exact) mass is 276 g/mol. The topological polar surface area (TPSA) is 60.9 Å². The van der Waals surface area contributed by atoms with Crippen LogP contribution in [0.3, 0.4) is 0 Å². The Kier molecular flexibility index (Phi) is 4.27. The molecular weight excluding hydrogens is 256 g/mol. The maximum absolute atomic E-state index is 12.0. The molecule has 0 spiro atoms. The number of aryl methyl sites for hydroxylation is 1. The Morgan fingerprint density at radius 3 is 2.75 bits per heavy atom. The van der Waals surface area contributed by atoms with E-state index < -0.39 is 5.97 Å². The first-order valence-corrected chi connectivity index (χ1v) is 6.89. The quantitative estimate of drug-likeness (QED) is 0.912. The standard InChI is InChI=1S/C15H20N2O3/c1-3-11-4-5-12-13(10-11)17(9-7-15(19)20)8-6-14(18)16(12)2/h4-5,10H,3,6-9H2,1-2H3,(H,19,20). The van der Waals surface area contributed by atoms with Gasteiger partial charge in [-0.2, -0.15) is 0 Å². The minimum atomic E-state index is -0.817. The Hall–Kier alpha value is -2.04. The lowest BCUT2D eigenvalue weighted by molar-refractivity contribution is -0.136. The van der Waals surface area contributed by atoms with E-state index in [1.807, 2.05) is 17.0 Å². The molecule has 1 heterocycles. The van der Waals surface area contributed by atoms with Crippen LogP contribution in [0.5, 0.6) is 0 Å². The summed E-state index contributed by atoms with van der Waals surface area (Å²) in [4.78, 5) is 26.5. The minimum absolute atomic E-state index is 0.0633. The zero-order valence-electron chi connectivity index (χ0n) is 11.9. The molecule has 1 aliphatic rings. The number of nitrogens with zero attached hydrogens (tertiary/aromatic N) is 2. The van der Waals surface area contributed by atoms with E-state index in [0.29, 0.717) is 19.5 Å². The van der Waals surface area contributed by atoms with Gasteiger partial charge in [0, 0.05) is 26.6 Å². The minimum Gasteiger partial charge on any atom is -0.481 e. The summed E-state index contributed by atoms with van der Waals surface area (Å²) in [6.07, 6.45) is 1.40. The van der Waals surface area contributed by atoms with Crippen molar-refractivity contribution in [2.75, 3.05) is 29.9 Å². The summed E-state index contributed by atoms with van der Waals surface area (Å²) in [6, 6.07) is 6.03. The van der Waals surface area contributed by atoms with Gasteiger partial charge < -0.3 is 14.9 Å². The van der Waals surface area contributed by atoms with Crippen LogP contribution in [0.1, 0.15) is 25.3 Å². The summed E-state index contributed by atoms with van der Waals surface area (Å²) < 4.78 is 0. The fourth-order valence-electron chi connectivity index (χ4n) is 2.44. The van der Waals surface area contributed by atoms with E-state index in [1.54, 1.807) is 11.9 Å². The fraction of sp³-hybridized carbons (Fsp3) is 0.467. The molecule has 2 rings (SSSR count). The smallest absolute Gasteiger partial charge is 0.305 e. The molecule has 1 aromatic carbocycles. The summed E-state index contributed by atoms with van der Waals surface area (Å²) in [5.41, 5.74) is 3.00. The van der Waals surface area contributed by atoms with Crippen molar-refractivity contribution in [2.45, 2.75) is 26.2 Å². The predicted molar refractivity (Wildman–Crippen MR) is 78.3 cm³/mol. The number of aliphatic carboxylic acids is 1. The Bertz CT molecular complexity index is 528. The van der Waals surface area contributed by atoms with Crippen molar-refractivity contribution in [3.05, 3.63) is 23.8 Å². The second-order valence-electron chi connectivity index (χ2n) is 5.01. The number of benzene rings is 1. The lowest BCUT2D eigenvalue weighted by Crippen LogP contribution is -2.27. The summed E-state index contributed by atoms with van der Waals surface area (Å²) in [7, 11) is 1.77. The summed E-state index contributed by atoms with van der Waals surface area (Å²) in [5, 5.41) is 8.86. The van der Waals surface area contributed by atoms with Gasteiger partial charge in [-0.05, 0) is 24.1 Å². The van der Waals surface area contributed by atoms with Crippen molar-refractivity contribution in [1.82, 2.24) is 0 Å². The maximum Gasteiger partial charge on any atom is 0.305 e. The number of rotatable bonds is 4. The molecule has 5 heteroatoms. The van der Waals surface area contributed by atoms with E-state index in [-0.39, 0.29) is 12.3 Å². The van der Waals surface area contributed by atoms with Crippen molar-refractivity contribution in [1.29, 1.82) is 0 Å². The normalized spacial score (nSPS) is 15.0. The largest absolute Gasteiger partial charge is 0.481 e. The average molecular weight is 276 g/mol. The van der Waals surface area contributed by atoms with Crippen LogP contribution in [0, 0.1) is 0 Å². The van der Waals surface area contributed by atoms with Crippen LogP contribution >= 0.6 is 0 Å². The molecule has 0 aromatic heterocycles. The second-order valence-corrected chi connectivity index (χ2v) is 5.01. The number of carbonyl (C=O) groups excluding carboxylic acids is 1. The van der Waals surface area contributed by atoms with Crippen LogP contribution in [0.4, 0.5) is 11.4 Å². The van der Waals surface area contributed by atoms with Gasteiger partial charge in [0.2, 0.25) is 5.91 Å². The summed E-state index contributed by atoms with van der Waals surface area (Å²) in [5.74, 6) is -0.754. The van der Waals surface area contributed by atoms with Gasteiger partial charge in [-0.15, -0.1) is 0 Å². The highest BCUT2D eigenvalue weighted by molar-refractivity contribution is 5.98. The van der Waals surface area contributed by atoms with Crippen LogP contribution in [-0.2, 0) is 16.0 Å². The average Bonchev–Trinajstić information content (AvgIpc) is 2.55. The molecule has 1 aromatic rings. The number of carboxylic acid groups (broad SMARTS) is 1. The van der Waals surface area contributed by atoms with Gasteiger partial charge in [0.1, 0.15) is 0 Å². The molecule has 108 valence electrons. The molecule has 5 nitrogen and oxygen atoms in total. The summed E-state index contributed by atoms with van der Waals surface area (Å²) >= 11 is 0. The Morgan fingerprint density at radius 1 is 1.35 bits per heavy atom. The van der Waals surface area contributed by atoms with Gasteiger partial charge in [0.25, 0.3) is 0 Å². The van der Waals surface area contributed by atoms with Crippen LogP contribution in [-0.4, -0.2) is 37.1 Å². The molecule has 1 amide bonds. The zero-order valence-corrected chi connectivity index (χ0v) is 11.9. The third-order valence-electron chi connectivity index (χ3n) is 3.72. The Balaban J connectivity index is 2.38. The lowest BCUT2D eigenvalue weighted by atomic mass is 10.1. The maximum atomic E-state index is 12.0. The van der Waals surface area contributed by atoms with Crippen molar-refractivity contribution >= 4 is 23.3 Å². The van der Waals surface area contributed by atoms with Gasteiger partial charge in [-0.25, -0.2) is 0 Å². The number of amides is 1. The van der Waals surface area contributed by atoms with Crippen LogP contribution < -0.4 is 9.80 Å². The third-order valence-corrected chi connectivity index (χ3v) is 3.72. The van der Waals surface area contributed by atoms with Crippen LogP contribution in [0.25, 0.3) is 0 Å². The lowest BCUT2D eigenvalue weighted by Gasteiger charge is -2.25. The first kappa shape index (κ1) is 14.4. The molecular formula is C15H20N2O3. The Morgan fingerprint density at radius 2 is 2.10 bits per heavy atom. The van der Waals surface area contributed by atoms with Gasteiger partial charge in [-0.1, -0.05) is 13.0 Å². The van der Waals surface area contributed by atoms with E-state index in [0.717, 1.165) is 17.8 Å². The predicted octanol–water partition coefficient (Wildman–Crippen LogP) is 1.90. The molecule has 0 bridgehead atoms. The molecule has 0 atom stereocenters. The highest BCUT2D eigenvalue weighted by atomic mass is 16.4. The van der Waals surface area contributed by atoms with E-state index >= 15 is 0 Å². The molecule has 0 fully saturated rings. The number of hydrogen-bond donors (Lipinski definition) is 1. The molecule has 0 radical (unpaired) electrons. The van der Waals surface area contributed by atoms with E-state index in [2.05, 4.69) is 13.0 Å². The van der Waals surface area contributed by atoms with Crippen LogP contribution in [0.15, 0.2) is 18.2 Å². The molecule has 0 saturated carbocycles. The number of carbonyl (C=O) groups is 2. The zero-order chi connectivity index (χ0) is 14.7. The third kappa shape index (κ3) is 2.92. The molecule has 1 N–H and O–H groups in total. The molecule has 20 heavy (non-hydrogen) atoms. The van der Waals surface area contributed by atoms with Crippen LogP contribution in [0.2, 0.25) is 0 Å². The van der Waals surface area contributed by atoms with Crippen molar-refractivity contribution < 1.29 is 14.7 Å². The van der Waals surface area contributed by atoms with Gasteiger partial charge in [0.15, 0.2) is 0 Å². The Labute approximate surface area is 118 Å². The number of anilines is 2. The number of carboxylic acids is 1. The SMILES string of the molecule is CCc1ccc2c(c1)N(CCC(=O)O)CCC(=O)N2C. The molecule has 0 saturated heterocycles. The van der Waals surface area contributed by atoms with Crippen molar-refractivity contribution in [2.24, 2.45) is 0 Å². The summed E-state index contributed by atoms with van der Waals surface area (Å²) in [6.45, 7) is 3.07. The highest BCUT2D eigenvalue weighted by Crippen LogP contribution is 2.33. The van der Waals surface area contributed by atoms with Gasteiger partial charge in [0.05, 0.1) is 17.8 Å². The van der Waals surface area contributed by atoms with E-state index in [4.69, 9.17) is 5.11 Å². The molecule has 0 aliphatic carbocycles. The fourth-order valence-corrected chi connectivity index (χ4v) is 2.44. The van der Waals surface area contributed by atoms with Crippen molar-refractivity contribution in [3.63, 3.8) is 0 Å².